The van der Waals surface area contributed by atoms with Crippen molar-refractivity contribution in [2.45, 2.75) is 12.5 Å². The summed E-state index contributed by atoms with van der Waals surface area (Å²) in [7, 11) is 0. The van der Waals surface area contributed by atoms with Crippen LogP contribution in [0.25, 0.3) is 0 Å². The molecule has 0 bridgehead atoms. The number of halogens is 1. The summed E-state index contributed by atoms with van der Waals surface area (Å²) in [5.41, 5.74) is 10.5. The maximum atomic E-state index is 5.96. The first-order valence-corrected chi connectivity index (χ1v) is 6.77. The van der Waals surface area contributed by atoms with Gasteiger partial charge < -0.3 is 5.73 Å². The van der Waals surface area contributed by atoms with Gasteiger partial charge in [-0.25, -0.2) is 4.98 Å². The van der Waals surface area contributed by atoms with Gasteiger partial charge in [-0.3, -0.25) is 11.3 Å². The molecule has 0 saturated carbocycles. The van der Waals surface area contributed by atoms with E-state index in [9.17, 15) is 0 Å². The van der Waals surface area contributed by atoms with Crippen molar-refractivity contribution < 1.29 is 0 Å². The summed E-state index contributed by atoms with van der Waals surface area (Å²) in [5.74, 6) is 5.60. The lowest BCUT2D eigenvalue weighted by atomic mass is 10.0. The van der Waals surface area contributed by atoms with Crippen LogP contribution in [0, 0.1) is 0 Å². The van der Waals surface area contributed by atoms with Crippen LogP contribution in [-0.4, -0.2) is 4.98 Å². The van der Waals surface area contributed by atoms with Crippen molar-refractivity contribution in [3.8, 4) is 0 Å². The molecule has 0 aliphatic carbocycles. The third kappa shape index (κ3) is 3.04. The normalized spacial score (nSPS) is 12.6. The van der Waals surface area contributed by atoms with Crippen LogP contribution in [0.4, 0.5) is 5.69 Å². The number of hydrogen-bond acceptors (Lipinski definition) is 5. The van der Waals surface area contributed by atoms with E-state index < -0.39 is 0 Å². The van der Waals surface area contributed by atoms with E-state index in [2.05, 4.69) is 26.3 Å². The Balaban J connectivity index is 2.25. The second-order valence-electron chi connectivity index (χ2n) is 3.62. The summed E-state index contributed by atoms with van der Waals surface area (Å²) in [5, 5.41) is 2.99. The first kappa shape index (κ1) is 12.5. The van der Waals surface area contributed by atoms with Crippen molar-refractivity contribution in [2.24, 2.45) is 5.84 Å². The highest BCUT2D eigenvalue weighted by Crippen LogP contribution is 2.27. The van der Waals surface area contributed by atoms with Crippen LogP contribution >= 0.6 is 27.3 Å². The van der Waals surface area contributed by atoms with Crippen molar-refractivity contribution in [3.05, 3.63) is 44.8 Å². The molecule has 0 aliphatic heterocycles. The predicted octanol–water partition coefficient (Wildman–Crippen LogP) is 2.23. The lowest BCUT2D eigenvalue weighted by Crippen LogP contribution is -2.30. The zero-order valence-corrected chi connectivity index (χ0v) is 11.5. The van der Waals surface area contributed by atoms with Gasteiger partial charge in [0.2, 0.25) is 0 Å². The number of nitrogens with one attached hydrogen (secondary N) is 1. The van der Waals surface area contributed by atoms with Gasteiger partial charge in [-0.05, 0) is 23.8 Å². The van der Waals surface area contributed by atoms with Crippen LogP contribution in [0.15, 0.2) is 34.2 Å². The molecule has 1 heterocycles. The number of benzene rings is 1. The van der Waals surface area contributed by atoms with Crippen molar-refractivity contribution in [3.63, 3.8) is 0 Å². The van der Waals surface area contributed by atoms with Crippen molar-refractivity contribution in [1.29, 1.82) is 0 Å². The highest BCUT2D eigenvalue weighted by molar-refractivity contribution is 9.10. The van der Waals surface area contributed by atoms with E-state index in [0.717, 1.165) is 27.2 Å². The lowest BCUT2D eigenvalue weighted by molar-refractivity contribution is 0.552. The Bertz CT molecular complexity index is 486. The Morgan fingerprint density at radius 3 is 2.94 bits per heavy atom. The Labute approximate surface area is 112 Å². The fourth-order valence-electron chi connectivity index (χ4n) is 1.63. The van der Waals surface area contributed by atoms with E-state index in [1.165, 1.54) is 0 Å². The zero-order valence-electron chi connectivity index (χ0n) is 9.06. The number of nitrogens with zero attached hydrogens (tertiary/aromatic N) is 1. The number of rotatable bonds is 4. The molecular weight excluding hydrogens is 300 g/mol. The summed E-state index contributed by atoms with van der Waals surface area (Å²) in [6, 6.07) is 5.73. The molecule has 1 aromatic carbocycles. The van der Waals surface area contributed by atoms with Crippen molar-refractivity contribution in [2.75, 3.05) is 5.73 Å². The quantitative estimate of drug-likeness (QED) is 0.459. The number of aromatic nitrogens is 1. The topological polar surface area (TPSA) is 77.0 Å². The van der Waals surface area contributed by atoms with Gasteiger partial charge in [0.1, 0.15) is 0 Å². The molecule has 17 heavy (non-hydrogen) atoms. The third-order valence-electron chi connectivity index (χ3n) is 2.49. The van der Waals surface area contributed by atoms with Gasteiger partial charge in [0, 0.05) is 28.2 Å². The van der Waals surface area contributed by atoms with Gasteiger partial charge in [0.15, 0.2) is 0 Å². The second-order valence-corrected chi connectivity index (χ2v) is 5.52. The Morgan fingerprint density at radius 1 is 1.47 bits per heavy atom. The fourth-order valence-corrected chi connectivity index (χ4v) is 2.68. The molecule has 0 aliphatic rings. The second kappa shape index (κ2) is 5.59. The van der Waals surface area contributed by atoms with Gasteiger partial charge >= 0.3 is 0 Å². The van der Waals surface area contributed by atoms with E-state index >= 15 is 0 Å². The van der Waals surface area contributed by atoms with Gasteiger partial charge in [-0.2, -0.15) is 0 Å². The van der Waals surface area contributed by atoms with Crippen LogP contribution < -0.4 is 17.0 Å². The highest BCUT2D eigenvalue weighted by Gasteiger charge is 2.15. The molecule has 90 valence electrons. The first-order valence-electron chi connectivity index (χ1n) is 5.10. The molecule has 0 fully saturated rings. The fraction of sp³-hybridized carbons (Fsp3) is 0.182. The van der Waals surface area contributed by atoms with Crippen LogP contribution in [0.2, 0.25) is 0 Å². The Kier molecular flexibility index (Phi) is 4.11. The molecule has 2 rings (SSSR count). The van der Waals surface area contributed by atoms with Gasteiger partial charge in [0.25, 0.3) is 0 Å². The van der Waals surface area contributed by atoms with E-state index in [4.69, 9.17) is 11.6 Å². The lowest BCUT2D eigenvalue weighted by Gasteiger charge is -2.17. The number of anilines is 1. The van der Waals surface area contributed by atoms with Gasteiger partial charge in [-0.1, -0.05) is 15.9 Å². The summed E-state index contributed by atoms with van der Waals surface area (Å²) < 4.78 is 0.987. The van der Waals surface area contributed by atoms with Crippen LogP contribution in [0.5, 0.6) is 0 Å². The molecule has 1 atom stereocenters. The van der Waals surface area contributed by atoms with Crippen molar-refractivity contribution >= 4 is 33.0 Å². The maximum Gasteiger partial charge on any atom is 0.0944 e. The molecule has 5 N–H and O–H groups in total. The minimum absolute atomic E-state index is 0.0290. The van der Waals surface area contributed by atoms with E-state index in [0.29, 0.717) is 0 Å². The number of hydrazine groups is 1. The maximum absolute atomic E-state index is 5.96. The molecule has 6 heteroatoms. The molecule has 0 spiro atoms. The standard InChI is InChI=1S/C11H13BrN4S/c12-7-1-2-9(13)8(5-7)10(16-14)6-11-15-3-4-17-11/h1-5,10,16H,6,13-14H2. The van der Waals surface area contributed by atoms with E-state index in [-0.39, 0.29) is 6.04 Å². The zero-order chi connectivity index (χ0) is 12.3. The predicted molar refractivity (Wildman–Crippen MR) is 74.4 cm³/mol. The average Bonchev–Trinajstić information content (AvgIpc) is 2.82. The molecule has 2 aromatic rings. The molecule has 1 aromatic heterocycles. The van der Waals surface area contributed by atoms with Crippen LogP contribution in [0.3, 0.4) is 0 Å². The van der Waals surface area contributed by atoms with Gasteiger partial charge in [-0.15, -0.1) is 11.3 Å². The van der Waals surface area contributed by atoms with Crippen LogP contribution in [0.1, 0.15) is 16.6 Å². The molecule has 0 saturated heterocycles. The monoisotopic (exact) mass is 312 g/mol. The Hall–Kier alpha value is -0.950. The summed E-state index contributed by atoms with van der Waals surface area (Å²) >= 11 is 5.05. The smallest absolute Gasteiger partial charge is 0.0944 e. The molecule has 0 amide bonds. The average molecular weight is 313 g/mol. The van der Waals surface area contributed by atoms with Gasteiger partial charge in [0.05, 0.1) is 11.0 Å². The number of nitrogen functional groups attached to an aromatic ring is 1. The number of thiazole rings is 1. The van der Waals surface area contributed by atoms with Crippen LogP contribution in [-0.2, 0) is 6.42 Å². The minimum atomic E-state index is -0.0290. The summed E-state index contributed by atoms with van der Waals surface area (Å²) in [4.78, 5) is 4.25. The highest BCUT2D eigenvalue weighted by atomic mass is 79.9. The number of hydrogen-bond donors (Lipinski definition) is 3. The third-order valence-corrected chi connectivity index (χ3v) is 3.78. The first-order chi connectivity index (χ1) is 8.20. The molecular formula is C11H13BrN4S. The Morgan fingerprint density at radius 2 is 2.29 bits per heavy atom. The molecule has 1 unspecified atom stereocenters. The SMILES string of the molecule is NNC(Cc1nccs1)c1cc(Br)ccc1N. The molecule has 0 radical (unpaired) electrons. The van der Waals surface area contributed by atoms with Crippen molar-refractivity contribution in [1.82, 2.24) is 10.4 Å². The number of nitrogens with two attached hydrogens (primary N) is 2. The summed E-state index contributed by atoms with van der Waals surface area (Å²) in [6.45, 7) is 0. The summed E-state index contributed by atoms with van der Waals surface area (Å²) in [6.07, 6.45) is 2.52. The minimum Gasteiger partial charge on any atom is -0.398 e. The largest absolute Gasteiger partial charge is 0.398 e. The van der Waals surface area contributed by atoms with E-state index in [1.54, 1.807) is 17.5 Å². The van der Waals surface area contributed by atoms with E-state index in [1.807, 2.05) is 23.6 Å². The molecule has 4 nitrogen and oxygen atoms in total.